The first-order chi connectivity index (χ1) is 28.3. The highest BCUT2D eigenvalue weighted by Gasteiger charge is 2.29. The SMILES string of the molecule is COC[C@H]1CN(CCc2ccc(N3CCC(=O)NC3=O)cc2)CCN1c1ccc(Nc2cc(-c3ccc([C@@H](C)NC(=O)c4nc(C(C)(C)C)no4)c(C)c3)ncn2)nc1. The second-order valence-electron chi connectivity index (χ2n) is 16.0. The summed E-state index contributed by atoms with van der Waals surface area (Å²) in [4.78, 5) is 61.0. The Morgan fingerprint density at radius 2 is 1.78 bits per heavy atom. The van der Waals surface area contributed by atoms with Gasteiger partial charge in [0.2, 0.25) is 5.91 Å². The van der Waals surface area contributed by atoms with Gasteiger partial charge in [-0.3, -0.25) is 24.7 Å². The molecular weight excluding hydrogens is 751 g/mol. The van der Waals surface area contributed by atoms with Crippen molar-refractivity contribution in [3.8, 4) is 11.3 Å². The Balaban J connectivity index is 0.926. The first kappa shape index (κ1) is 40.9. The zero-order valence-electron chi connectivity index (χ0n) is 34.4. The maximum absolute atomic E-state index is 12.9. The summed E-state index contributed by atoms with van der Waals surface area (Å²) in [6.07, 6.45) is 4.59. The fourth-order valence-corrected chi connectivity index (χ4v) is 7.36. The number of anilines is 4. The van der Waals surface area contributed by atoms with E-state index in [9.17, 15) is 14.4 Å². The number of methoxy groups -OCH3 is 1. The van der Waals surface area contributed by atoms with Gasteiger partial charge in [0, 0.05) is 69.0 Å². The molecule has 3 aromatic heterocycles. The van der Waals surface area contributed by atoms with E-state index in [4.69, 9.17) is 14.2 Å². The molecular formula is C43H51N11O5. The number of pyridine rings is 1. The van der Waals surface area contributed by atoms with E-state index in [1.807, 2.05) is 83.3 Å². The van der Waals surface area contributed by atoms with Gasteiger partial charge in [-0.2, -0.15) is 4.98 Å². The van der Waals surface area contributed by atoms with Gasteiger partial charge in [0.05, 0.1) is 36.3 Å². The van der Waals surface area contributed by atoms with Crippen molar-refractivity contribution in [3.05, 3.63) is 102 Å². The third-order valence-electron chi connectivity index (χ3n) is 10.6. The maximum atomic E-state index is 12.9. The van der Waals surface area contributed by atoms with E-state index < -0.39 is 5.91 Å². The van der Waals surface area contributed by atoms with Crippen LogP contribution in [0.4, 0.5) is 27.8 Å². The Hall–Kier alpha value is -6.26. The maximum Gasteiger partial charge on any atom is 0.328 e. The van der Waals surface area contributed by atoms with Crippen LogP contribution >= 0.6 is 0 Å². The highest BCUT2D eigenvalue weighted by molar-refractivity contribution is 6.05. The minimum absolute atomic E-state index is 0.0592. The molecule has 2 saturated heterocycles. The van der Waals surface area contributed by atoms with Crippen LogP contribution < -0.4 is 25.8 Å². The number of amides is 4. The Morgan fingerprint density at radius 1 is 0.983 bits per heavy atom. The van der Waals surface area contributed by atoms with Gasteiger partial charge in [-0.15, -0.1) is 0 Å². The molecule has 7 rings (SSSR count). The molecule has 2 aliphatic heterocycles. The van der Waals surface area contributed by atoms with Crippen LogP contribution in [0.3, 0.4) is 0 Å². The van der Waals surface area contributed by atoms with Crippen LogP contribution in [-0.4, -0.2) is 100 Å². The van der Waals surface area contributed by atoms with Crippen LogP contribution in [0.15, 0.2) is 77.7 Å². The number of carbonyl (C=O) groups excluding carboxylic acids is 3. The number of nitrogens with one attached hydrogen (secondary N) is 3. The second kappa shape index (κ2) is 17.7. The highest BCUT2D eigenvalue weighted by Crippen LogP contribution is 2.28. The molecule has 0 saturated carbocycles. The van der Waals surface area contributed by atoms with E-state index in [-0.39, 0.29) is 35.3 Å². The predicted octanol–water partition coefficient (Wildman–Crippen LogP) is 5.59. The van der Waals surface area contributed by atoms with Gasteiger partial charge in [-0.1, -0.05) is 50.2 Å². The third-order valence-corrected chi connectivity index (χ3v) is 10.6. The lowest BCUT2D eigenvalue weighted by atomic mass is 9.96. The van der Waals surface area contributed by atoms with Crippen molar-refractivity contribution in [2.75, 3.05) is 61.6 Å². The molecule has 4 amide bonds. The molecule has 308 valence electrons. The largest absolute Gasteiger partial charge is 0.383 e. The zero-order valence-corrected chi connectivity index (χ0v) is 34.4. The Bertz CT molecular complexity index is 2270. The van der Waals surface area contributed by atoms with Crippen LogP contribution in [0, 0.1) is 6.92 Å². The number of hydrogen-bond donors (Lipinski definition) is 3. The van der Waals surface area contributed by atoms with Gasteiger partial charge in [0.15, 0.2) is 5.82 Å². The number of ether oxygens (including phenoxy) is 1. The summed E-state index contributed by atoms with van der Waals surface area (Å²) in [6.45, 7) is 14.3. The van der Waals surface area contributed by atoms with Crippen molar-refractivity contribution < 1.29 is 23.6 Å². The summed E-state index contributed by atoms with van der Waals surface area (Å²) in [7, 11) is 1.73. The first-order valence-electron chi connectivity index (χ1n) is 19.8. The summed E-state index contributed by atoms with van der Waals surface area (Å²) in [5.74, 6) is 1.03. The molecule has 16 heteroatoms. The molecule has 0 unspecified atom stereocenters. The molecule has 0 bridgehead atoms. The van der Waals surface area contributed by atoms with E-state index in [2.05, 4.69) is 64.1 Å². The van der Waals surface area contributed by atoms with E-state index in [1.165, 1.54) is 11.9 Å². The molecule has 5 heterocycles. The lowest BCUT2D eigenvalue weighted by Crippen LogP contribution is -2.55. The van der Waals surface area contributed by atoms with Gasteiger partial charge >= 0.3 is 17.8 Å². The quantitative estimate of drug-likeness (QED) is 0.134. The lowest BCUT2D eigenvalue weighted by molar-refractivity contribution is -0.120. The van der Waals surface area contributed by atoms with Crippen LogP contribution in [0.2, 0.25) is 0 Å². The van der Waals surface area contributed by atoms with E-state index in [0.717, 1.165) is 66.4 Å². The molecule has 0 radical (unpaired) electrons. The lowest BCUT2D eigenvalue weighted by Gasteiger charge is -2.42. The Kier molecular flexibility index (Phi) is 12.3. The molecule has 59 heavy (non-hydrogen) atoms. The van der Waals surface area contributed by atoms with E-state index in [1.54, 1.807) is 12.0 Å². The number of nitrogens with zero attached hydrogens (tertiary/aromatic N) is 8. The summed E-state index contributed by atoms with van der Waals surface area (Å²) in [5.41, 5.74) is 6.27. The van der Waals surface area contributed by atoms with Gasteiger partial charge in [-0.05, 0) is 67.3 Å². The summed E-state index contributed by atoms with van der Waals surface area (Å²) >= 11 is 0. The minimum atomic E-state index is -0.422. The highest BCUT2D eigenvalue weighted by atomic mass is 16.5. The fourth-order valence-electron chi connectivity index (χ4n) is 7.36. The number of imide groups is 1. The smallest absolute Gasteiger partial charge is 0.328 e. The second-order valence-corrected chi connectivity index (χ2v) is 16.0. The van der Waals surface area contributed by atoms with Crippen molar-refractivity contribution >= 4 is 40.9 Å². The molecule has 2 aromatic carbocycles. The van der Waals surface area contributed by atoms with Crippen LogP contribution in [0.5, 0.6) is 0 Å². The molecule has 0 spiro atoms. The van der Waals surface area contributed by atoms with Crippen molar-refractivity contribution in [2.24, 2.45) is 0 Å². The number of urea groups is 1. The molecule has 2 aliphatic rings. The number of piperazine rings is 1. The van der Waals surface area contributed by atoms with Crippen molar-refractivity contribution in [1.82, 2.24) is 40.6 Å². The fraction of sp³-hybridized carbons (Fsp3) is 0.395. The summed E-state index contributed by atoms with van der Waals surface area (Å²) in [5, 5.41) is 12.6. The average molecular weight is 802 g/mol. The Labute approximate surface area is 343 Å². The molecule has 0 aliphatic carbocycles. The monoisotopic (exact) mass is 801 g/mol. The normalized spacial score (nSPS) is 16.8. The average Bonchev–Trinajstić information content (AvgIpc) is 3.73. The molecule has 2 atom stereocenters. The molecule has 5 aromatic rings. The van der Waals surface area contributed by atoms with Crippen molar-refractivity contribution in [3.63, 3.8) is 0 Å². The van der Waals surface area contributed by atoms with Crippen molar-refractivity contribution in [2.45, 2.75) is 65.0 Å². The van der Waals surface area contributed by atoms with Crippen LogP contribution in [0.25, 0.3) is 11.3 Å². The van der Waals surface area contributed by atoms with Crippen LogP contribution in [0.1, 0.15) is 73.4 Å². The Morgan fingerprint density at radius 3 is 2.47 bits per heavy atom. The van der Waals surface area contributed by atoms with Gasteiger partial charge in [0.1, 0.15) is 18.0 Å². The standard InChI is InChI=1S/C43H51N11O5/c1-27-21-30(9-13-34(27)28(2)47-39(56)40-50-41(51-59-40)43(3,4)5)35-22-37(46-26-45-35)48-36-14-12-32(23-44-36)53-20-19-52(24-33(53)25-58-6)17-15-29-7-10-31(11-8-29)54-18-16-38(55)49-42(54)57/h7-14,21-23,26,28,33H,15-20,24-25H2,1-6H3,(H,47,56)(H,49,55,57)(H,44,45,46,48)/t28-,33-/m1/s1. The summed E-state index contributed by atoms with van der Waals surface area (Å²) in [6, 6.07) is 19.4. The van der Waals surface area contributed by atoms with Crippen molar-refractivity contribution in [1.29, 1.82) is 0 Å². The summed E-state index contributed by atoms with van der Waals surface area (Å²) < 4.78 is 10.9. The number of rotatable bonds is 13. The third kappa shape index (κ3) is 9.89. The minimum Gasteiger partial charge on any atom is -0.383 e. The topological polar surface area (TPSA) is 184 Å². The number of aromatic nitrogens is 5. The zero-order chi connectivity index (χ0) is 41.7. The molecule has 2 fully saturated rings. The predicted molar refractivity (Wildman–Crippen MR) is 224 cm³/mol. The van der Waals surface area contributed by atoms with Gasteiger partial charge in [-0.25, -0.2) is 19.7 Å². The first-order valence-corrected chi connectivity index (χ1v) is 19.8. The van der Waals surface area contributed by atoms with Crippen LogP contribution in [-0.2, 0) is 21.4 Å². The number of hydrogen-bond acceptors (Lipinski definition) is 13. The van der Waals surface area contributed by atoms with Gasteiger partial charge < -0.3 is 24.8 Å². The number of benzene rings is 2. The number of aryl methyl sites for hydroxylation is 1. The molecule has 16 nitrogen and oxygen atoms in total. The van der Waals surface area contributed by atoms with E-state index in [0.29, 0.717) is 37.0 Å². The molecule has 3 N–H and O–H groups in total. The van der Waals surface area contributed by atoms with E-state index >= 15 is 0 Å². The van der Waals surface area contributed by atoms with Gasteiger partial charge in [0.25, 0.3) is 0 Å². The number of carbonyl (C=O) groups is 3.